The molecule has 16 heavy (non-hydrogen) atoms. The molecule has 1 heterocycles. The maximum Gasteiger partial charge on any atom is 0.144 e. The van der Waals surface area contributed by atoms with Gasteiger partial charge >= 0.3 is 0 Å². The van der Waals surface area contributed by atoms with Crippen LogP contribution in [0.2, 0.25) is 0 Å². The summed E-state index contributed by atoms with van der Waals surface area (Å²) in [5.74, 6) is 0.695. The van der Waals surface area contributed by atoms with Crippen LogP contribution in [0.1, 0.15) is 5.69 Å². The molecule has 0 saturated heterocycles. The van der Waals surface area contributed by atoms with Gasteiger partial charge in [-0.05, 0) is 12.1 Å². The second kappa shape index (κ2) is 4.57. The molecule has 2 rings (SSSR count). The van der Waals surface area contributed by atoms with Crippen LogP contribution >= 0.6 is 0 Å². The molecule has 0 aliphatic heterocycles. The number of carbonyl (C=O) groups excluding carboxylic acids is 1. The third-order valence-electron chi connectivity index (χ3n) is 2.23. The van der Waals surface area contributed by atoms with Crippen LogP contribution in [0.5, 0.6) is 5.75 Å². The highest BCUT2D eigenvalue weighted by Gasteiger charge is 2.09. The zero-order valence-corrected chi connectivity index (χ0v) is 8.83. The van der Waals surface area contributed by atoms with E-state index in [9.17, 15) is 4.79 Å². The molecule has 82 valence electrons. The van der Waals surface area contributed by atoms with Gasteiger partial charge in [0.05, 0.1) is 19.0 Å². The number of methoxy groups -OCH3 is 1. The molecule has 2 aromatic rings. The van der Waals surface area contributed by atoms with Gasteiger partial charge in [-0.1, -0.05) is 17.3 Å². The Balaban J connectivity index is 2.49. The lowest BCUT2D eigenvalue weighted by molar-refractivity contribution is -0.107. The van der Waals surface area contributed by atoms with E-state index in [1.165, 1.54) is 0 Å². The molecular weight excluding hydrogens is 206 g/mol. The van der Waals surface area contributed by atoms with Crippen molar-refractivity contribution in [1.29, 1.82) is 0 Å². The molecule has 0 amide bonds. The first-order chi connectivity index (χ1) is 7.86. The Morgan fingerprint density at radius 2 is 2.25 bits per heavy atom. The lowest BCUT2D eigenvalue weighted by Gasteiger charge is -2.08. The summed E-state index contributed by atoms with van der Waals surface area (Å²) in [6.07, 6.45) is 2.68. The molecule has 0 atom stereocenters. The number of hydrogen-bond acceptors (Lipinski definition) is 4. The maximum atomic E-state index is 10.5. The van der Waals surface area contributed by atoms with E-state index >= 15 is 0 Å². The van der Waals surface area contributed by atoms with Gasteiger partial charge in [0.25, 0.3) is 0 Å². The van der Waals surface area contributed by atoms with Gasteiger partial charge in [-0.3, -0.25) is 0 Å². The quantitative estimate of drug-likeness (QED) is 0.717. The van der Waals surface area contributed by atoms with E-state index in [1.807, 2.05) is 24.3 Å². The molecular formula is C11H11N3O2. The van der Waals surface area contributed by atoms with Crippen LogP contribution in [0, 0.1) is 0 Å². The molecule has 5 nitrogen and oxygen atoms in total. The van der Waals surface area contributed by atoms with Gasteiger partial charge < -0.3 is 9.53 Å². The largest absolute Gasteiger partial charge is 0.494 e. The lowest BCUT2D eigenvalue weighted by atomic mass is 10.2. The predicted molar refractivity (Wildman–Crippen MR) is 57.7 cm³/mol. The second-order valence-corrected chi connectivity index (χ2v) is 3.18. The van der Waals surface area contributed by atoms with Crippen molar-refractivity contribution in [3.63, 3.8) is 0 Å². The molecule has 5 heteroatoms. The van der Waals surface area contributed by atoms with E-state index in [0.29, 0.717) is 5.75 Å². The topological polar surface area (TPSA) is 57.0 Å². The third kappa shape index (κ3) is 1.79. The number of ether oxygens (including phenoxy) is 1. The Hall–Kier alpha value is -2.17. The molecule has 0 N–H and O–H groups in total. The average Bonchev–Trinajstić information content (AvgIpc) is 2.77. The minimum Gasteiger partial charge on any atom is -0.494 e. The summed E-state index contributed by atoms with van der Waals surface area (Å²) in [5, 5.41) is 7.73. The number of aromatic nitrogens is 3. The summed E-state index contributed by atoms with van der Waals surface area (Å²) in [4.78, 5) is 10.5. The zero-order valence-electron chi connectivity index (χ0n) is 8.83. The summed E-state index contributed by atoms with van der Waals surface area (Å²) in [7, 11) is 1.59. The number of nitrogens with zero attached hydrogens (tertiary/aromatic N) is 3. The Labute approximate surface area is 92.7 Å². The standard InChI is InChI=1S/C11H11N3O2/c1-16-11-5-3-2-4-10(11)14-9(6-7-15)8-12-13-14/h2-5,7-8H,6H2,1H3. The van der Waals surface area contributed by atoms with Crippen LogP contribution < -0.4 is 4.74 Å². The normalized spacial score (nSPS) is 10.1. The highest BCUT2D eigenvalue weighted by molar-refractivity contribution is 5.55. The van der Waals surface area contributed by atoms with Crippen LogP contribution in [0.3, 0.4) is 0 Å². The van der Waals surface area contributed by atoms with Gasteiger partial charge in [0.2, 0.25) is 0 Å². The molecule has 0 aliphatic carbocycles. The van der Waals surface area contributed by atoms with Gasteiger partial charge in [-0.2, -0.15) is 0 Å². The van der Waals surface area contributed by atoms with E-state index in [4.69, 9.17) is 4.74 Å². The summed E-state index contributed by atoms with van der Waals surface area (Å²) in [5.41, 5.74) is 1.51. The van der Waals surface area contributed by atoms with Gasteiger partial charge in [-0.25, -0.2) is 4.68 Å². The van der Waals surface area contributed by atoms with Gasteiger partial charge in [0.15, 0.2) is 0 Å². The van der Waals surface area contributed by atoms with Crippen LogP contribution in [-0.2, 0) is 11.2 Å². The first kappa shape index (κ1) is 10.4. The first-order valence-electron chi connectivity index (χ1n) is 4.83. The second-order valence-electron chi connectivity index (χ2n) is 3.18. The molecule has 0 aliphatic rings. The molecule has 0 saturated carbocycles. The number of para-hydroxylation sites is 2. The minimum absolute atomic E-state index is 0.283. The smallest absolute Gasteiger partial charge is 0.144 e. The Bertz CT molecular complexity index is 493. The summed E-state index contributed by atoms with van der Waals surface area (Å²) >= 11 is 0. The monoisotopic (exact) mass is 217 g/mol. The summed E-state index contributed by atoms with van der Waals surface area (Å²) < 4.78 is 6.83. The Kier molecular flexibility index (Phi) is 2.95. The Morgan fingerprint density at radius 1 is 1.44 bits per heavy atom. The van der Waals surface area contributed by atoms with E-state index < -0.39 is 0 Å². The van der Waals surface area contributed by atoms with Crippen molar-refractivity contribution in [2.75, 3.05) is 7.11 Å². The van der Waals surface area contributed by atoms with Crippen LogP contribution in [0.15, 0.2) is 30.5 Å². The van der Waals surface area contributed by atoms with E-state index in [2.05, 4.69) is 10.3 Å². The van der Waals surface area contributed by atoms with Gasteiger partial charge in [0, 0.05) is 6.42 Å². The summed E-state index contributed by atoms with van der Waals surface area (Å²) in [6, 6.07) is 7.45. The number of aldehydes is 1. The highest BCUT2D eigenvalue weighted by atomic mass is 16.5. The number of carbonyl (C=O) groups is 1. The molecule has 0 bridgehead atoms. The highest BCUT2D eigenvalue weighted by Crippen LogP contribution is 2.22. The molecule has 0 fully saturated rings. The van der Waals surface area contributed by atoms with Crippen molar-refractivity contribution in [1.82, 2.24) is 15.0 Å². The average molecular weight is 217 g/mol. The van der Waals surface area contributed by atoms with Crippen molar-refractivity contribution >= 4 is 6.29 Å². The third-order valence-corrected chi connectivity index (χ3v) is 2.23. The molecule has 0 spiro atoms. The van der Waals surface area contributed by atoms with E-state index in [0.717, 1.165) is 17.7 Å². The van der Waals surface area contributed by atoms with E-state index in [1.54, 1.807) is 18.0 Å². The predicted octanol–water partition coefficient (Wildman–Crippen LogP) is 1.02. The van der Waals surface area contributed by atoms with E-state index in [-0.39, 0.29) is 6.42 Å². The molecule has 0 unspecified atom stereocenters. The number of rotatable bonds is 4. The van der Waals surface area contributed by atoms with Crippen LogP contribution in [-0.4, -0.2) is 28.4 Å². The van der Waals surface area contributed by atoms with Gasteiger partial charge in [0.1, 0.15) is 17.7 Å². The fraction of sp³-hybridized carbons (Fsp3) is 0.182. The SMILES string of the molecule is COc1ccccc1-n1nncc1CC=O. The lowest BCUT2D eigenvalue weighted by Crippen LogP contribution is -2.04. The van der Waals surface area contributed by atoms with Crippen molar-refractivity contribution in [3.8, 4) is 11.4 Å². The first-order valence-corrected chi connectivity index (χ1v) is 4.83. The van der Waals surface area contributed by atoms with Crippen molar-refractivity contribution < 1.29 is 9.53 Å². The number of benzene rings is 1. The van der Waals surface area contributed by atoms with Crippen molar-refractivity contribution in [3.05, 3.63) is 36.2 Å². The van der Waals surface area contributed by atoms with Crippen LogP contribution in [0.4, 0.5) is 0 Å². The fourth-order valence-electron chi connectivity index (χ4n) is 1.49. The number of hydrogen-bond donors (Lipinski definition) is 0. The van der Waals surface area contributed by atoms with Crippen molar-refractivity contribution in [2.24, 2.45) is 0 Å². The zero-order chi connectivity index (χ0) is 11.4. The maximum absolute atomic E-state index is 10.5. The van der Waals surface area contributed by atoms with Gasteiger partial charge in [-0.15, -0.1) is 5.10 Å². The molecule has 1 aromatic carbocycles. The Morgan fingerprint density at radius 3 is 3.00 bits per heavy atom. The fourth-order valence-corrected chi connectivity index (χ4v) is 1.49. The minimum atomic E-state index is 0.283. The molecule has 1 aromatic heterocycles. The van der Waals surface area contributed by atoms with Crippen molar-refractivity contribution in [2.45, 2.75) is 6.42 Å². The molecule has 0 radical (unpaired) electrons. The summed E-state index contributed by atoms with van der Waals surface area (Å²) in [6.45, 7) is 0. The van der Waals surface area contributed by atoms with Crippen LogP contribution in [0.25, 0.3) is 5.69 Å².